The highest BCUT2D eigenvalue weighted by Crippen LogP contribution is 2.43. The number of amides is 1. The van der Waals surface area contributed by atoms with Crippen LogP contribution in [0.3, 0.4) is 0 Å². The van der Waals surface area contributed by atoms with E-state index in [0.717, 1.165) is 16.3 Å². The monoisotopic (exact) mass is 365 g/mol. The van der Waals surface area contributed by atoms with E-state index in [1.165, 1.54) is 0 Å². The van der Waals surface area contributed by atoms with Crippen molar-refractivity contribution >= 4 is 28.2 Å². The molecule has 1 aliphatic rings. The second-order valence-electron chi connectivity index (χ2n) is 6.77. The van der Waals surface area contributed by atoms with Gasteiger partial charge in [0.05, 0.1) is 11.3 Å². The minimum atomic E-state index is -0.276. The van der Waals surface area contributed by atoms with Crippen LogP contribution < -0.4 is 5.32 Å². The molecule has 2 N–H and O–H groups in total. The van der Waals surface area contributed by atoms with Gasteiger partial charge in [-0.1, -0.05) is 48.5 Å². The highest BCUT2D eigenvalue weighted by atomic mass is 16.3. The van der Waals surface area contributed by atoms with Crippen LogP contribution in [-0.4, -0.2) is 16.8 Å². The first-order chi connectivity index (χ1) is 13.6. The van der Waals surface area contributed by atoms with Crippen LogP contribution >= 0.6 is 0 Å². The molecule has 0 aromatic heterocycles. The second-order valence-corrected chi connectivity index (χ2v) is 6.77. The molecule has 4 nitrogen and oxygen atoms in total. The van der Waals surface area contributed by atoms with Gasteiger partial charge in [-0.05, 0) is 46.8 Å². The minimum Gasteiger partial charge on any atom is -0.508 e. The van der Waals surface area contributed by atoms with Crippen LogP contribution in [-0.2, 0) is 0 Å². The number of hydrogen-bond acceptors (Lipinski definition) is 3. The largest absolute Gasteiger partial charge is 0.508 e. The fourth-order valence-corrected chi connectivity index (χ4v) is 3.86. The lowest BCUT2D eigenvalue weighted by atomic mass is 9.82. The Morgan fingerprint density at radius 2 is 1.54 bits per heavy atom. The molecule has 4 aromatic rings. The first kappa shape index (κ1) is 16.3. The number of aromatic hydroxyl groups is 1. The predicted molar refractivity (Wildman–Crippen MR) is 109 cm³/mol. The molecule has 0 fully saturated rings. The Bertz CT molecular complexity index is 1280. The summed E-state index contributed by atoms with van der Waals surface area (Å²) in [7, 11) is 0. The number of rotatable bonds is 2. The van der Waals surface area contributed by atoms with Crippen LogP contribution in [0.1, 0.15) is 26.3 Å². The molecule has 0 saturated carbocycles. The van der Waals surface area contributed by atoms with Gasteiger partial charge in [0.1, 0.15) is 5.75 Å². The topological polar surface area (TPSA) is 66.4 Å². The summed E-state index contributed by atoms with van der Waals surface area (Å²) in [5.41, 5.74) is 3.48. The molecule has 5 rings (SSSR count). The van der Waals surface area contributed by atoms with Crippen LogP contribution in [0.4, 0.5) is 5.69 Å². The average molecular weight is 365 g/mol. The molecule has 0 spiro atoms. The van der Waals surface area contributed by atoms with Gasteiger partial charge in [-0.15, -0.1) is 0 Å². The van der Waals surface area contributed by atoms with Gasteiger partial charge in [0.25, 0.3) is 5.91 Å². The number of nitrogens with one attached hydrogen (secondary N) is 1. The van der Waals surface area contributed by atoms with Gasteiger partial charge in [-0.2, -0.15) is 0 Å². The van der Waals surface area contributed by atoms with Gasteiger partial charge in [0.2, 0.25) is 0 Å². The van der Waals surface area contributed by atoms with E-state index in [1.807, 2.05) is 18.2 Å². The summed E-state index contributed by atoms with van der Waals surface area (Å²) in [6.07, 6.45) is 0. The summed E-state index contributed by atoms with van der Waals surface area (Å²) in [6.45, 7) is 0. The fraction of sp³-hybridized carbons (Fsp3) is 0. The highest BCUT2D eigenvalue weighted by molar-refractivity contribution is 6.28. The molecule has 0 atom stereocenters. The van der Waals surface area contributed by atoms with Gasteiger partial charge in [-0.3, -0.25) is 9.59 Å². The molecule has 4 aromatic carbocycles. The van der Waals surface area contributed by atoms with Crippen LogP contribution in [0.25, 0.3) is 21.9 Å². The van der Waals surface area contributed by atoms with Crippen LogP contribution in [0.15, 0.2) is 78.9 Å². The quantitative estimate of drug-likeness (QED) is 0.462. The van der Waals surface area contributed by atoms with Crippen molar-refractivity contribution in [2.24, 2.45) is 0 Å². The van der Waals surface area contributed by atoms with Gasteiger partial charge >= 0.3 is 0 Å². The zero-order valence-electron chi connectivity index (χ0n) is 14.8. The van der Waals surface area contributed by atoms with E-state index in [2.05, 4.69) is 5.32 Å². The Hall–Kier alpha value is -3.92. The van der Waals surface area contributed by atoms with Crippen molar-refractivity contribution in [1.29, 1.82) is 0 Å². The molecule has 0 aliphatic heterocycles. The van der Waals surface area contributed by atoms with Gasteiger partial charge < -0.3 is 10.4 Å². The summed E-state index contributed by atoms with van der Waals surface area (Å²) in [5.74, 6) is -0.275. The maximum Gasteiger partial charge on any atom is 0.255 e. The number of carbonyl (C=O) groups excluding carboxylic acids is 2. The van der Waals surface area contributed by atoms with Crippen molar-refractivity contribution in [3.05, 3.63) is 95.6 Å². The Balaban J connectivity index is 1.71. The van der Waals surface area contributed by atoms with Gasteiger partial charge in [-0.25, -0.2) is 0 Å². The summed E-state index contributed by atoms with van der Waals surface area (Å²) in [5, 5.41) is 14.7. The Labute approximate surface area is 161 Å². The molecule has 134 valence electrons. The van der Waals surface area contributed by atoms with Gasteiger partial charge in [0, 0.05) is 16.5 Å². The van der Waals surface area contributed by atoms with Crippen molar-refractivity contribution in [2.75, 3.05) is 5.32 Å². The number of fused-ring (bicyclic) bond motifs is 2. The third-order valence-electron chi connectivity index (χ3n) is 5.07. The minimum absolute atomic E-state index is 0.136. The first-order valence-electron chi connectivity index (χ1n) is 8.94. The summed E-state index contributed by atoms with van der Waals surface area (Å²) < 4.78 is 0. The van der Waals surface area contributed by atoms with Crippen LogP contribution in [0.5, 0.6) is 5.75 Å². The van der Waals surface area contributed by atoms with Gasteiger partial charge in [0.15, 0.2) is 5.78 Å². The fourth-order valence-electron chi connectivity index (χ4n) is 3.86. The lowest BCUT2D eigenvalue weighted by Gasteiger charge is -2.22. The molecule has 1 aliphatic carbocycles. The molecule has 4 heteroatoms. The summed E-state index contributed by atoms with van der Waals surface area (Å²) in [4.78, 5) is 25.9. The van der Waals surface area contributed by atoms with E-state index in [9.17, 15) is 14.7 Å². The number of anilines is 1. The third kappa shape index (κ3) is 2.39. The average Bonchev–Trinajstić information content (AvgIpc) is 2.72. The van der Waals surface area contributed by atoms with Crippen molar-refractivity contribution in [3.63, 3.8) is 0 Å². The zero-order valence-corrected chi connectivity index (χ0v) is 14.8. The van der Waals surface area contributed by atoms with Crippen molar-refractivity contribution in [1.82, 2.24) is 0 Å². The molecule has 0 radical (unpaired) electrons. The van der Waals surface area contributed by atoms with Crippen molar-refractivity contribution in [3.8, 4) is 16.9 Å². The lowest BCUT2D eigenvalue weighted by molar-refractivity contribution is 0.102. The Kier molecular flexibility index (Phi) is 3.52. The van der Waals surface area contributed by atoms with E-state index in [0.29, 0.717) is 27.9 Å². The number of benzene rings is 4. The molecule has 0 bridgehead atoms. The molecular formula is C24H15NO3. The van der Waals surface area contributed by atoms with Crippen molar-refractivity contribution < 1.29 is 14.7 Å². The van der Waals surface area contributed by atoms with Crippen molar-refractivity contribution in [2.45, 2.75) is 0 Å². The molecular weight excluding hydrogens is 350 g/mol. The maximum absolute atomic E-state index is 13.3. The van der Waals surface area contributed by atoms with Crippen LogP contribution in [0, 0.1) is 0 Å². The second kappa shape index (κ2) is 6.06. The van der Waals surface area contributed by atoms with E-state index in [1.54, 1.807) is 60.7 Å². The van der Waals surface area contributed by atoms with Crippen LogP contribution in [0.2, 0.25) is 0 Å². The number of carbonyl (C=O) groups is 2. The predicted octanol–water partition coefficient (Wildman–Crippen LogP) is 5.01. The first-order valence-corrected chi connectivity index (χ1v) is 8.94. The normalized spacial score (nSPS) is 11.9. The van der Waals surface area contributed by atoms with E-state index < -0.39 is 0 Å². The summed E-state index contributed by atoms with van der Waals surface area (Å²) in [6, 6.07) is 23.0. The molecule has 0 unspecified atom stereocenters. The van der Waals surface area contributed by atoms with E-state index >= 15 is 0 Å². The maximum atomic E-state index is 13.3. The number of phenols is 1. The van der Waals surface area contributed by atoms with E-state index in [-0.39, 0.29) is 17.4 Å². The zero-order chi connectivity index (χ0) is 19.3. The lowest BCUT2D eigenvalue weighted by Crippen LogP contribution is -2.17. The smallest absolute Gasteiger partial charge is 0.255 e. The number of hydrogen-bond donors (Lipinski definition) is 2. The molecule has 1 amide bonds. The van der Waals surface area contributed by atoms with E-state index in [4.69, 9.17) is 0 Å². The standard InChI is InChI=1S/C24H15NO3/c26-16-12-15-8-4-10-18-21(15)19(13-16)17-9-5-11-20(22(17)23(18)27)25-24(28)14-6-2-1-3-7-14/h1-13,26H,(H,25,28). The molecule has 0 saturated heterocycles. The number of phenolic OH excluding ortho intramolecular Hbond substituents is 1. The number of ketones is 1. The molecule has 0 heterocycles. The Morgan fingerprint density at radius 1 is 0.786 bits per heavy atom. The molecule has 28 heavy (non-hydrogen) atoms. The Morgan fingerprint density at radius 3 is 2.36 bits per heavy atom. The third-order valence-corrected chi connectivity index (χ3v) is 5.07. The summed E-state index contributed by atoms with van der Waals surface area (Å²) >= 11 is 0. The highest BCUT2D eigenvalue weighted by Gasteiger charge is 2.28. The SMILES string of the molecule is O=C(Nc1cccc2c1C(=O)c1cccc3cc(O)cc-2c13)c1ccccc1.